The maximum Gasteiger partial charge on any atom is 0.244 e. The van der Waals surface area contributed by atoms with Crippen LogP contribution in [-0.2, 0) is 11.3 Å². The van der Waals surface area contributed by atoms with Gasteiger partial charge in [0.1, 0.15) is 6.54 Å². The molecule has 2 aromatic rings. The Labute approximate surface area is 142 Å². The van der Waals surface area contributed by atoms with E-state index in [4.69, 9.17) is 0 Å². The van der Waals surface area contributed by atoms with Gasteiger partial charge in [-0.05, 0) is 33.0 Å². The molecule has 0 aliphatic carbocycles. The first-order valence-electron chi connectivity index (χ1n) is 8.22. The highest BCUT2D eigenvalue weighted by Crippen LogP contribution is 2.21. The third kappa shape index (κ3) is 3.73. The first kappa shape index (κ1) is 16.4. The molecule has 0 atom stereocenters. The number of hydrogen-bond donors (Lipinski definition) is 1. The molecule has 0 bridgehead atoms. The molecular weight excluding hydrogens is 304 g/mol. The van der Waals surface area contributed by atoms with Crippen LogP contribution in [0.1, 0.15) is 11.4 Å². The fourth-order valence-electron chi connectivity index (χ4n) is 2.85. The average molecular weight is 328 g/mol. The van der Waals surface area contributed by atoms with E-state index in [1.807, 2.05) is 42.9 Å². The van der Waals surface area contributed by atoms with Crippen molar-refractivity contribution in [1.82, 2.24) is 19.4 Å². The second-order valence-electron chi connectivity index (χ2n) is 6.26. The number of rotatable bonds is 4. The maximum absolute atomic E-state index is 12.2. The summed E-state index contributed by atoms with van der Waals surface area (Å²) in [5, 5.41) is 2.94. The van der Waals surface area contributed by atoms with Gasteiger partial charge in [-0.2, -0.15) is 0 Å². The molecule has 3 heterocycles. The van der Waals surface area contributed by atoms with E-state index in [9.17, 15) is 4.79 Å². The van der Waals surface area contributed by atoms with E-state index < -0.39 is 0 Å². The van der Waals surface area contributed by atoms with Gasteiger partial charge in [-0.3, -0.25) is 4.79 Å². The van der Waals surface area contributed by atoms with Crippen LogP contribution in [-0.4, -0.2) is 58.6 Å². The minimum absolute atomic E-state index is 0.0756. The van der Waals surface area contributed by atoms with Crippen LogP contribution in [0.25, 0.3) is 0 Å². The molecule has 7 heteroatoms. The maximum atomic E-state index is 12.2. The van der Waals surface area contributed by atoms with Crippen molar-refractivity contribution in [3.63, 3.8) is 0 Å². The van der Waals surface area contributed by atoms with Gasteiger partial charge in [0.2, 0.25) is 11.9 Å². The van der Waals surface area contributed by atoms with Gasteiger partial charge in [-0.15, -0.1) is 0 Å². The number of nitrogens with zero attached hydrogens (tertiary/aromatic N) is 5. The summed E-state index contributed by atoms with van der Waals surface area (Å²) in [7, 11) is 2.12. The van der Waals surface area contributed by atoms with E-state index in [1.165, 1.54) is 0 Å². The number of anilines is 2. The van der Waals surface area contributed by atoms with Crippen LogP contribution in [0.5, 0.6) is 0 Å². The quantitative estimate of drug-likeness (QED) is 0.916. The fourth-order valence-corrected chi connectivity index (χ4v) is 2.85. The lowest BCUT2D eigenvalue weighted by atomic mass is 10.2. The standard InChI is InChI=1S/C17H24N6O/c1-13-16(20-15(24)12-22-6-4-5-7-22)14(2)19-17(18-13)23-10-8-21(3)9-11-23/h4-7H,8-12H2,1-3H3,(H,20,24). The number of aryl methyl sites for hydroxylation is 2. The Balaban J connectivity index is 1.71. The molecule has 0 radical (unpaired) electrons. The summed E-state index contributed by atoms with van der Waals surface area (Å²) in [6.45, 7) is 7.99. The van der Waals surface area contributed by atoms with E-state index >= 15 is 0 Å². The normalized spacial score (nSPS) is 15.5. The molecule has 1 amide bonds. The number of aromatic nitrogens is 3. The second-order valence-corrected chi connectivity index (χ2v) is 6.26. The highest BCUT2D eigenvalue weighted by molar-refractivity contribution is 5.91. The van der Waals surface area contributed by atoms with Crippen LogP contribution in [0.3, 0.4) is 0 Å². The lowest BCUT2D eigenvalue weighted by Crippen LogP contribution is -2.45. The summed E-state index contributed by atoms with van der Waals surface area (Å²) in [5.74, 6) is 0.676. The van der Waals surface area contributed by atoms with Crippen molar-refractivity contribution < 1.29 is 4.79 Å². The highest BCUT2D eigenvalue weighted by Gasteiger charge is 2.19. The molecule has 24 heavy (non-hydrogen) atoms. The molecule has 1 fully saturated rings. The molecule has 1 N–H and O–H groups in total. The van der Waals surface area contributed by atoms with Crippen molar-refractivity contribution >= 4 is 17.5 Å². The third-order valence-corrected chi connectivity index (χ3v) is 4.30. The molecule has 0 spiro atoms. The summed E-state index contributed by atoms with van der Waals surface area (Å²) in [5.41, 5.74) is 2.32. The number of piperazine rings is 1. The number of amides is 1. The predicted octanol–water partition coefficient (Wildman–Crippen LogP) is 1.29. The van der Waals surface area contributed by atoms with Gasteiger partial charge in [0.05, 0.1) is 17.1 Å². The van der Waals surface area contributed by atoms with Crippen LogP contribution in [0.15, 0.2) is 24.5 Å². The monoisotopic (exact) mass is 328 g/mol. The van der Waals surface area contributed by atoms with Crippen molar-refractivity contribution in [2.45, 2.75) is 20.4 Å². The van der Waals surface area contributed by atoms with Crippen LogP contribution < -0.4 is 10.2 Å². The van der Waals surface area contributed by atoms with Crippen LogP contribution in [0.4, 0.5) is 11.6 Å². The molecule has 1 aliphatic rings. The fraction of sp³-hybridized carbons (Fsp3) is 0.471. The minimum atomic E-state index is -0.0756. The Morgan fingerprint density at radius 2 is 1.67 bits per heavy atom. The first-order valence-corrected chi connectivity index (χ1v) is 8.22. The van der Waals surface area contributed by atoms with Gasteiger partial charge in [0.25, 0.3) is 0 Å². The van der Waals surface area contributed by atoms with E-state index in [-0.39, 0.29) is 12.5 Å². The molecule has 1 aliphatic heterocycles. The molecule has 0 aromatic carbocycles. The van der Waals surface area contributed by atoms with E-state index in [0.29, 0.717) is 5.69 Å². The molecule has 0 unspecified atom stereocenters. The number of likely N-dealkylation sites (N-methyl/N-ethyl adjacent to an activating group) is 1. The SMILES string of the molecule is Cc1nc(N2CCN(C)CC2)nc(C)c1NC(=O)Cn1cccc1. The molecule has 1 saturated heterocycles. The van der Waals surface area contributed by atoms with Gasteiger partial charge in [-0.25, -0.2) is 9.97 Å². The van der Waals surface area contributed by atoms with Crippen molar-refractivity contribution in [2.75, 3.05) is 43.4 Å². The highest BCUT2D eigenvalue weighted by atomic mass is 16.1. The van der Waals surface area contributed by atoms with Crippen LogP contribution >= 0.6 is 0 Å². The second kappa shape index (κ2) is 7.00. The Kier molecular flexibility index (Phi) is 4.80. The third-order valence-electron chi connectivity index (χ3n) is 4.30. The van der Waals surface area contributed by atoms with E-state index in [1.54, 1.807) is 0 Å². The molecule has 0 saturated carbocycles. The largest absolute Gasteiger partial charge is 0.345 e. The Hall–Kier alpha value is -2.41. The van der Waals surface area contributed by atoms with E-state index in [2.05, 4.69) is 32.1 Å². The minimum Gasteiger partial charge on any atom is -0.345 e. The number of carbonyl (C=O) groups excluding carboxylic acids is 1. The Morgan fingerprint density at radius 3 is 2.25 bits per heavy atom. The van der Waals surface area contributed by atoms with Crippen molar-refractivity contribution in [3.8, 4) is 0 Å². The number of carbonyl (C=O) groups is 1. The number of nitrogens with one attached hydrogen (secondary N) is 1. The van der Waals surface area contributed by atoms with Crippen LogP contribution in [0.2, 0.25) is 0 Å². The average Bonchev–Trinajstić information content (AvgIpc) is 3.04. The van der Waals surface area contributed by atoms with E-state index in [0.717, 1.165) is 43.5 Å². The topological polar surface area (TPSA) is 66.3 Å². The predicted molar refractivity (Wildman–Crippen MR) is 94.3 cm³/mol. The Bertz CT molecular complexity index is 681. The first-order chi connectivity index (χ1) is 11.5. The zero-order valence-corrected chi connectivity index (χ0v) is 14.5. The molecule has 128 valence electrons. The van der Waals surface area contributed by atoms with Gasteiger partial charge in [0, 0.05) is 38.6 Å². The zero-order valence-electron chi connectivity index (χ0n) is 14.5. The molecule has 2 aromatic heterocycles. The van der Waals surface area contributed by atoms with Gasteiger partial charge >= 0.3 is 0 Å². The van der Waals surface area contributed by atoms with Crippen molar-refractivity contribution in [2.24, 2.45) is 0 Å². The smallest absolute Gasteiger partial charge is 0.244 e. The summed E-state index contributed by atoms with van der Waals surface area (Å²) >= 11 is 0. The lowest BCUT2D eigenvalue weighted by molar-refractivity contribution is -0.116. The van der Waals surface area contributed by atoms with Crippen molar-refractivity contribution in [3.05, 3.63) is 35.9 Å². The van der Waals surface area contributed by atoms with Gasteiger partial charge in [0.15, 0.2) is 0 Å². The Morgan fingerprint density at radius 1 is 1.08 bits per heavy atom. The molecule has 7 nitrogen and oxygen atoms in total. The van der Waals surface area contributed by atoms with Crippen LogP contribution in [0, 0.1) is 13.8 Å². The van der Waals surface area contributed by atoms with Crippen molar-refractivity contribution in [1.29, 1.82) is 0 Å². The molecular formula is C17H24N6O. The van der Waals surface area contributed by atoms with Gasteiger partial charge in [-0.1, -0.05) is 0 Å². The number of hydrogen-bond acceptors (Lipinski definition) is 5. The molecule has 3 rings (SSSR count). The summed E-state index contributed by atoms with van der Waals surface area (Å²) < 4.78 is 1.83. The van der Waals surface area contributed by atoms with Gasteiger partial charge < -0.3 is 19.7 Å². The zero-order chi connectivity index (χ0) is 17.1. The summed E-state index contributed by atoms with van der Waals surface area (Å²) in [6, 6.07) is 3.80. The summed E-state index contributed by atoms with van der Waals surface area (Å²) in [6.07, 6.45) is 3.73. The summed E-state index contributed by atoms with van der Waals surface area (Å²) in [4.78, 5) is 25.9. The lowest BCUT2D eigenvalue weighted by Gasteiger charge is -2.32.